The van der Waals surface area contributed by atoms with E-state index in [1.54, 1.807) is 12.1 Å². The monoisotopic (exact) mass is 328 g/mol. The van der Waals surface area contributed by atoms with Crippen molar-refractivity contribution in [1.29, 1.82) is 0 Å². The number of carboxylic acid groups (broad SMARTS) is 1. The van der Waals surface area contributed by atoms with Crippen LogP contribution < -0.4 is 11.1 Å². The summed E-state index contributed by atoms with van der Waals surface area (Å²) in [6.45, 7) is 1.44. The van der Waals surface area contributed by atoms with Gasteiger partial charge in [0.05, 0.1) is 11.1 Å². The van der Waals surface area contributed by atoms with Crippen LogP contribution in [0.5, 0.6) is 0 Å². The number of ether oxygens (including phenoxy) is 1. The zero-order chi connectivity index (χ0) is 17.7. The molecular weight excluding hydrogens is 312 g/mol. The second-order valence-corrected chi connectivity index (χ2v) is 5.04. The molecule has 2 aromatic rings. The number of hydrogen-bond donors (Lipinski definition) is 3. The highest BCUT2D eigenvalue weighted by Crippen LogP contribution is 2.12. The summed E-state index contributed by atoms with van der Waals surface area (Å²) in [6.07, 6.45) is -1.02. The number of nitrogens with one attached hydrogen (secondary N) is 1. The number of benzene rings is 2. The maximum Gasteiger partial charge on any atom is 0.338 e. The number of carboxylic acids is 1. The minimum atomic E-state index is -1.06. The Bertz CT molecular complexity index is 754. The van der Waals surface area contributed by atoms with Crippen LogP contribution in [-0.4, -0.2) is 29.1 Å². The van der Waals surface area contributed by atoms with E-state index in [-0.39, 0.29) is 11.1 Å². The Kier molecular flexibility index (Phi) is 5.16. The molecule has 0 aliphatic rings. The molecule has 0 saturated carbocycles. The molecule has 0 aliphatic heterocycles. The first-order valence-electron chi connectivity index (χ1n) is 7.07. The van der Waals surface area contributed by atoms with E-state index in [1.165, 1.54) is 43.3 Å². The Morgan fingerprint density at radius 1 is 1.00 bits per heavy atom. The van der Waals surface area contributed by atoms with Crippen molar-refractivity contribution in [3.05, 3.63) is 59.7 Å². The van der Waals surface area contributed by atoms with E-state index in [0.717, 1.165) is 0 Å². The molecule has 0 aliphatic carbocycles. The van der Waals surface area contributed by atoms with E-state index < -0.39 is 23.9 Å². The van der Waals surface area contributed by atoms with Crippen LogP contribution in [0.2, 0.25) is 0 Å². The van der Waals surface area contributed by atoms with Crippen molar-refractivity contribution in [2.45, 2.75) is 13.0 Å². The van der Waals surface area contributed by atoms with Gasteiger partial charge in [-0.25, -0.2) is 9.59 Å². The van der Waals surface area contributed by atoms with Crippen molar-refractivity contribution in [2.75, 3.05) is 11.1 Å². The molecule has 7 nitrogen and oxygen atoms in total. The Labute approximate surface area is 138 Å². The molecule has 0 bridgehead atoms. The number of rotatable bonds is 5. The molecule has 124 valence electrons. The second-order valence-electron chi connectivity index (χ2n) is 5.04. The molecule has 4 N–H and O–H groups in total. The van der Waals surface area contributed by atoms with Crippen molar-refractivity contribution in [3.8, 4) is 0 Å². The zero-order valence-electron chi connectivity index (χ0n) is 12.9. The van der Waals surface area contributed by atoms with E-state index in [4.69, 9.17) is 15.6 Å². The van der Waals surface area contributed by atoms with Gasteiger partial charge in [-0.15, -0.1) is 0 Å². The summed E-state index contributed by atoms with van der Waals surface area (Å²) in [5.41, 5.74) is 6.85. The van der Waals surface area contributed by atoms with Gasteiger partial charge in [0.1, 0.15) is 0 Å². The predicted molar refractivity (Wildman–Crippen MR) is 87.8 cm³/mol. The van der Waals surface area contributed by atoms with Gasteiger partial charge in [0, 0.05) is 11.4 Å². The third-order valence-electron chi connectivity index (χ3n) is 3.20. The largest absolute Gasteiger partial charge is 0.478 e. The van der Waals surface area contributed by atoms with E-state index in [9.17, 15) is 14.4 Å². The van der Waals surface area contributed by atoms with E-state index in [2.05, 4.69) is 5.32 Å². The molecule has 1 amide bonds. The third kappa shape index (κ3) is 4.33. The molecule has 1 atom stereocenters. The van der Waals surface area contributed by atoms with Crippen LogP contribution in [0.3, 0.4) is 0 Å². The number of nitrogens with two attached hydrogens (primary N) is 1. The van der Waals surface area contributed by atoms with Crippen LogP contribution in [0.15, 0.2) is 48.5 Å². The normalized spacial score (nSPS) is 11.4. The van der Waals surface area contributed by atoms with Crippen LogP contribution in [-0.2, 0) is 9.53 Å². The maximum atomic E-state index is 12.0. The second kappa shape index (κ2) is 7.28. The number of aromatic carboxylic acids is 1. The zero-order valence-corrected chi connectivity index (χ0v) is 12.9. The molecule has 24 heavy (non-hydrogen) atoms. The fraction of sp³-hybridized carbons (Fsp3) is 0.118. The van der Waals surface area contributed by atoms with Crippen molar-refractivity contribution < 1.29 is 24.2 Å². The van der Waals surface area contributed by atoms with E-state index >= 15 is 0 Å². The average Bonchev–Trinajstić information content (AvgIpc) is 2.55. The highest BCUT2D eigenvalue weighted by Gasteiger charge is 2.19. The fourth-order valence-corrected chi connectivity index (χ4v) is 1.84. The highest BCUT2D eigenvalue weighted by atomic mass is 16.5. The van der Waals surface area contributed by atoms with Crippen molar-refractivity contribution in [2.24, 2.45) is 0 Å². The Morgan fingerprint density at radius 3 is 2.08 bits per heavy atom. The minimum absolute atomic E-state index is 0.107. The van der Waals surface area contributed by atoms with Gasteiger partial charge < -0.3 is 20.9 Å². The Balaban J connectivity index is 1.95. The summed E-state index contributed by atoms with van der Waals surface area (Å²) in [7, 11) is 0. The lowest BCUT2D eigenvalue weighted by molar-refractivity contribution is -0.123. The van der Waals surface area contributed by atoms with Crippen molar-refractivity contribution >= 4 is 29.2 Å². The smallest absolute Gasteiger partial charge is 0.338 e. The van der Waals surface area contributed by atoms with E-state index in [0.29, 0.717) is 11.4 Å². The number of carbonyl (C=O) groups is 3. The number of carbonyl (C=O) groups excluding carboxylic acids is 2. The lowest BCUT2D eigenvalue weighted by Gasteiger charge is -2.13. The van der Waals surface area contributed by atoms with Crippen LogP contribution >= 0.6 is 0 Å². The van der Waals surface area contributed by atoms with Gasteiger partial charge in [0.15, 0.2) is 6.10 Å². The van der Waals surface area contributed by atoms with E-state index in [1.807, 2.05) is 0 Å². The topological polar surface area (TPSA) is 119 Å². The highest BCUT2D eigenvalue weighted by molar-refractivity contribution is 5.97. The number of hydrogen-bond acceptors (Lipinski definition) is 5. The van der Waals surface area contributed by atoms with Gasteiger partial charge in [0.25, 0.3) is 5.91 Å². The average molecular weight is 328 g/mol. The molecule has 0 heterocycles. The Hall–Kier alpha value is -3.35. The minimum Gasteiger partial charge on any atom is -0.478 e. The summed E-state index contributed by atoms with van der Waals surface area (Å²) in [5.74, 6) is -2.22. The lowest BCUT2D eigenvalue weighted by atomic mass is 10.2. The molecule has 0 spiro atoms. The van der Waals surface area contributed by atoms with Gasteiger partial charge >= 0.3 is 11.9 Å². The lowest BCUT2D eigenvalue weighted by Crippen LogP contribution is -2.30. The van der Waals surface area contributed by atoms with Crippen LogP contribution in [0.1, 0.15) is 27.6 Å². The number of nitrogen functional groups attached to an aromatic ring is 1. The maximum absolute atomic E-state index is 12.0. The first kappa shape index (κ1) is 17.0. The first-order chi connectivity index (χ1) is 11.4. The number of amides is 1. The first-order valence-corrected chi connectivity index (χ1v) is 7.07. The molecule has 7 heteroatoms. The van der Waals surface area contributed by atoms with Gasteiger partial charge in [-0.1, -0.05) is 0 Å². The van der Waals surface area contributed by atoms with Gasteiger partial charge in [-0.2, -0.15) is 0 Å². The fourth-order valence-electron chi connectivity index (χ4n) is 1.84. The molecule has 0 fully saturated rings. The molecule has 2 aromatic carbocycles. The molecule has 1 unspecified atom stereocenters. The van der Waals surface area contributed by atoms with Crippen LogP contribution in [0.25, 0.3) is 0 Å². The quantitative estimate of drug-likeness (QED) is 0.571. The van der Waals surface area contributed by atoms with Gasteiger partial charge in [0.2, 0.25) is 0 Å². The molecule has 0 aromatic heterocycles. The van der Waals surface area contributed by atoms with Gasteiger partial charge in [-0.05, 0) is 55.5 Å². The summed E-state index contributed by atoms with van der Waals surface area (Å²) < 4.78 is 5.09. The summed E-state index contributed by atoms with van der Waals surface area (Å²) >= 11 is 0. The predicted octanol–water partition coefficient (Wildman–Crippen LogP) is 2.15. The molecular formula is C17H16N2O5. The van der Waals surface area contributed by atoms with Gasteiger partial charge in [-0.3, -0.25) is 4.79 Å². The Morgan fingerprint density at radius 2 is 1.54 bits per heavy atom. The molecule has 2 rings (SSSR count). The van der Waals surface area contributed by atoms with Crippen LogP contribution in [0.4, 0.5) is 11.4 Å². The number of anilines is 2. The summed E-state index contributed by atoms with van der Waals surface area (Å²) in [4.78, 5) is 34.7. The SMILES string of the molecule is CC(OC(=O)c1ccc(N)cc1)C(=O)Nc1ccc(C(=O)O)cc1. The molecule has 0 saturated heterocycles. The standard InChI is InChI=1S/C17H16N2O5/c1-10(24-17(23)12-2-6-13(18)7-3-12)15(20)19-14-8-4-11(5-9-14)16(21)22/h2-10H,18H2,1H3,(H,19,20)(H,21,22). The van der Waals surface area contributed by atoms with Crippen LogP contribution in [0, 0.1) is 0 Å². The van der Waals surface area contributed by atoms with Crippen molar-refractivity contribution in [3.63, 3.8) is 0 Å². The number of esters is 1. The third-order valence-corrected chi connectivity index (χ3v) is 3.20. The van der Waals surface area contributed by atoms with Crippen molar-refractivity contribution in [1.82, 2.24) is 0 Å². The summed E-state index contributed by atoms with van der Waals surface area (Å²) in [5, 5.41) is 11.4. The molecule has 0 radical (unpaired) electrons. The summed E-state index contributed by atoms with van der Waals surface area (Å²) in [6, 6.07) is 11.8.